The molecule has 1 heterocycles. The molecule has 0 aliphatic rings. The fourth-order valence-corrected chi connectivity index (χ4v) is 1.96. The minimum Gasteiger partial charge on any atom is -0.384 e. The molecular weight excluding hydrogens is 202 g/mol. The number of hydrogen-bond donors (Lipinski definition) is 2. The molecule has 1 atom stereocenters. The third kappa shape index (κ3) is 2.01. The summed E-state index contributed by atoms with van der Waals surface area (Å²) < 4.78 is 1.71. The second-order valence-electron chi connectivity index (χ2n) is 4.19. The summed E-state index contributed by atoms with van der Waals surface area (Å²) in [5.41, 5.74) is 7.31. The molecule has 1 aromatic rings. The molecule has 0 saturated heterocycles. The zero-order valence-corrected chi connectivity index (χ0v) is 10.3. The first-order valence-corrected chi connectivity index (χ1v) is 5.47. The maximum absolute atomic E-state index is 12.2. The van der Waals surface area contributed by atoms with Crippen molar-refractivity contribution in [3.05, 3.63) is 33.2 Å². The molecule has 0 bridgehead atoms. The number of aryl methyl sites for hydroxylation is 2. The number of hydrogen-bond acceptors (Lipinski definition) is 2. The number of nitrogen functional groups attached to an aromatic ring is 1. The van der Waals surface area contributed by atoms with Crippen molar-refractivity contribution in [1.29, 1.82) is 5.41 Å². The lowest BCUT2D eigenvalue weighted by Gasteiger charge is -2.18. The number of nitrogens with one attached hydrogen (secondary N) is 1. The normalized spacial score (nSPS) is 12.5. The first-order chi connectivity index (χ1) is 7.40. The van der Waals surface area contributed by atoms with E-state index in [9.17, 15) is 4.79 Å². The van der Waals surface area contributed by atoms with Crippen LogP contribution in [0.15, 0.2) is 10.9 Å². The highest BCUT2D eigenvalue weighted by Crippen LogP contribution is 2.13. The Morgan fingerprint density at radius 2 is 2.12 bits per heavy atom. The standard InChI is InChI=1S/C12H19N3O/c1-5-8(3)15-9(4)6-7(2)10(11(13)14)12(15)16/h6,8H,5H2,1-4H3,(H3,13,14). The number of amidine groups is 1. The molecule has 0 aliphatic heterocycles. The van der Waals surface area contributed by atoms with E-state index in [1.807, 2.05) is 33.8 Å². The molecule has 4 heteroatoms. The number of nitrogens with two attached hydrogens (primary N) is 1. The van der Waals surface area contributed by atoms with Gasteiger partial charge in [0, 0.05) is 11.7 Å². The van der Waals surface area contributed by atoms with Crippen molar-refractivity contribution in [2.75, 3.05) is 0 Å². The first-order valence-electron chi connectivity index (χ1n) is 5.47. The lowest BCUT2D eigenvalue weighted by molar-refractivity contribution is 0.501. The predicted octanol–water partition coefficient (Wildman–Crippen LogP) is 1.72. The average molecular weight is 221 g/mol. The van der Waals surface area contributed by atoms with E-state index in [0.717, 1.165) is 17.7 Å². The topological polar surface area (TPSA) is 71.9 Å². The van der Waals surface area contributed by atoms with E-state index in [0.29, 0.717) is 5.56 Å². The Labute approximate surface area is 95.6 Å². The van der Waals surface area contributed by atoms with Gasteiger partial charge in [-0.15, -0.1) is 0 Å². The molecule has 0 saturated carbocycles. The third-order valence-corrected chi connectivity index (χ3v) is 2.93. The SMILES string of the molecule is CCC(C)n1c(C)cc(C)c(C(=N)N)c1=O. The summed E-state index contributed by atoms with van der Waals surface area (Å²) in [7, 11) is 0. The molecule has 1 rings (SSSR count). The quantitative estimate of drug-likeness (QED) is 0.602. The van der Waals surface area contributed by atoms with Crippen LogP contribution in [0.2, 0.25) is 0 Å². The molecule has 0 aromatic carbocycles. The first kappa shape index (κ1) is 12.5. The Balaban J connectivity index is 3.58. The maximum Gasteiger partial charge on any atom is 0.262 e. The fraction of sp³-hybridized carbons (Fsp3) is 0.500. The predicted molar refractivity (Wildman–Crippen MR) is 66.2 cm³/mol. The molecular formula is C12H19N3O. The van der Waals surface area contributed by atoms with E-state index in [1.54, 1.807) is 4.57 Å². The Hall–Kier alpha value is -1.58. The van der Waals surface area contributed by atoms with E-state index in [2.05, 4.69) is 0 Å². The summed E-state index contributed by atoms with van der Waals surface area (Å²) in [5, 5.41) is 7.45. The van der Waals surface area contributed by atoms with Crippen molar-refractivity contribution < 1.29 is 0 Å². The molecule has 4 nitrogen and oxygen atoms in total. The molecule has 0 amide bonds. The fourth-order valence-electron chi connectivity index (χ4n) is 1.96. The van der Waals surface area contributed by atoms with Crippen LogP contribution in [0.5, 0.6) is 0 Å². The van der Waals surface area contributed by atoms with Gasteiger partial charge in [0.1, 0.15) is 5.84 Å². The van der Waals surface area contributed by atoms with Crippen LogP contribution in [0, 0.1) is 19.3 Å². The molecule has 0 spiro atoms. The van der Waals surface area contributed by atoms with Gasteiger partial charge in [-0.1, -0.05) is 6.92 Å². The van der Waals surface area contributed by atoms with Crippen LogP contribution in [-0.4, -0.2) is 10.4 Å². The summed E-state index contributed by atoms with van der Waals surface area (Å²) in [4.78, 5) is 12.2. The minimum atomic E-state index is -0.153. The van der Waals surface area contributed by atoms with Gasteiger partial charge in [-0.2, -0.15) is 0 Å². The lowest BCUT2D eigenvalue weighted by atomic mass is 10.1. The Morgan fingerprint density at radius 1 is 1.56 bits per heavy atom. The zero-order valence-electron chi connectivity index (χ0n) is 10.3. The summed E-state index contributed by atoms with van der Waals surface area (Å²) in [5.74, 6) is -0.153. The number of nitrogens with zero attached hydrogens (tertiary/aromatic N) is 1. The number of rotatable bonds is 3. The molecule has 1 unspecified atom stereocenters. The summed E-state index contributed by atoms with van der Waals surface area (Å²) in [6, 6.07) is 2.04. The van der Waals surface area contributed by atoms with Crippen LogP contribution in [0.3, 0.4) is 0 Å². The van der Waals surface area contributed by atoms with E-state index in [-0.39, 0.29) is 17.4 Å². The van der Waals surface area contributed by atoms with Crippen molar-refractivity contribution >= 4 is 5.84 Å². The number of pyridine rings is 1. The van der Waals surface area contributed by atoms with Crippen LogP contribution in [-0.2, 0) is 0 Å². The van der Waals surface area contributed by atoms with E-state index < -0.39 is 0 Å². The highest BCUT2D eigenvalue weighted by Gasteiger charge is 2.15. The summed E-state index contributed by atoms with van der Waals surface area (Å²) >= 11 is 0. The highest BCUT2D eigenvalue weighted by molar-refractivity contribution is 5.95. The Bertz CT molecular complexity index is 474. The Morgan fingerprint density at radius 3 is 2.56 bits per heavy atom. The highest BCUT2D eigenvalue weighted by atomic mass is 16.1. The van der Waals surface area contributed by atoms with Crippen molar-refractivity contribution in [3.63, 3.8) is 0 Å². The van der Waals surface area contributed by atoms with Crippen molar-refractivity contribution in [2.24, 2.45) is 5.73 Å². The second kappa shape index (κ2) is 4.51. The van der Waals surface area contributed by atoms with Crippen LogP contribution < -0.4 is 11.3 Å². The van der Waals surface area contributed by atoms with Crippen LogP contribution in [0.1, 0.15) is 43.1 Å². The molecule has 3 N–H and O–H groups in total. The van der Waals surface area contributed by atoms with E-state index in [1.165, 1.54) is 0 Å². The molecule has 88 valence electrons. The van der Waals surface area contributed by atoms with Crippen LogP contribution >= 0.6 is 0 Å². The summed E-state index contributed by atoms with van der Waals surface area (Å²) in [6.45, 7) is 7.74. The maximum atomic E-state index is 12.2. The van der Waals surface area contributed by atoms with Gasteiger partial charge in [0.05, 0.1) is 5.56 Å². The van der Waals surface area contributed by atoms with Gasteiger partial charge in [-0.3, -0.25) is 10.2 Å². The molecule has 1 aromatic heterocycles. The minimum absolute atomic E-state index is 0.131. The second-order valence-corrected chi connectivity index (χ2v) is 4.19. The van der Waals surface area contributed by atoms with Crippen LogP contribution in [0.4, 0.5) is 0 Å². The third-order valence-electron chi connectivity index (χ3n) is 2.93. The van der Waals surface area contributed by atoms with Gasteiger partial charge < -0.3 is 10.3 Å². The molecule has 0 radical (unpaired) electrons. The lowest BCUT2D eigenvalue weighted by Crippen LogP contribution is -2.33. The van der Waals surface area contributed by atoms with Gasteiger partial charge in [0.25, 0.3) is 5.56 Å². The van der Waals surface area contributed by atoms with E-state index in [4.69, 9.17) is 11.1 Å². The van der Waals surface area contributed by atoms with Gasteiger partial charge in [-0.05, 0) is 38.8 Å². The van der Waals surface area contributed by atoms with Gasteiger partial charge in [0.2, 0.25) is 0 Å². The van der Waals surface area contributed by atoms with Gasteiger partial charge >= 0.3 is 0 Å². The number of aromatic nitrogens is 1. The zero-order chi connectivity index (χ0) is 12.5. The van der Waals surface area contributed by atoms with Gasteiger partial charge in [0.15, 0.2) is 0 Å². The molecule has 16 heavy (non-hydrogen) atoms. The smallest absolute Gasteiger partial charge is 0.262 e. The van der Waals surface area contributed by atoms with Crippen molar-refractivity contribution in [3.8, 4) is 0 Å². The van der Waals surface area contributed by atoms with E-state index >= 15 is 0 Å². The molecule has 0 aliphatic carbocycles. The summed E-state index contributed by atoms with van der Waals surface area (Å²) in [6.07, 6.45) is 0.876. The van der Waals surface area contributed by atoms with Crippen LogP contribution in [0.25, 0.3) is 0 Å². The monoisotopic (exact) mass is 221 g/mol. The van der Waals surface area contributed by atoms with Crippen molar-refractivity contribution in [1.82, 2.24) is 4.57 Å². The largest absolute Gasteiger partial charge is 0.384 e. The van der Waals surface area contributed by atoms with Crippen molar-refractivity contribution in [2.45, 2.75) is 40.2 Å². The average Bonchev–Trinajstić information content (AvgIpc) is 2.15. The van der Waals surface area contributed by atoms with Gasteiger partial charge in [-0.25, -0.2) is 0 Å². The Kier molecular flexibility index (Phi) is 3.52. The molecule has 0 fully saturated rings.